The molecule has 1 fully saturated rings. The van der Waals surface area contributed by atoms with Crippen molar-refractivity contribution in [2.45, 2.75) is 33.6 Å². The molecule has 1 saturated heterocycles. The number of ether oxygens (including phenoxy) is 1. The number of unbranched alkanes of at least 4 members (excludes halogenated alkanes) is 1. The van der Waals surface area contributed by atoms with E-state index in [-0.39, 0.29) is 17.7 Å². The number of hydrogen-bond donors (Lipinski definition) is 1. The first-order valence-electron chi connectivity index (χ1n) is 11.2. The van der Waals surface area contributed by atoms with Crippen molar-refractivity contribution in [3.63, 3.8) is 0 Å². The predicted octanol–water partition coefficient (Wildman–Crippen LogP) is 4.42. The van der Waals surface area contributed by atoms with Crippen LogP contribution in [0.3, 0.4) is 0 Å². The Kier molecular flexibility index (Phi) is 7.93. The molecule has 31 heavy (non-hydrogen) atoms. The lowest BCUT2D eigenvalue weighted by Gasteiger charge is -2.37. The molecule has 1 heterocycles. The van der Waals surface area contributed by atoms with Gasteiger partial charge in [0, 0.05) is 49.0 Å². The fourth-order valence-corrected chi connectivity index (χ4v) is 3.57. The Balaban J connectivity index is 1.54. The van der Waals surface area contributed by atoms with E-state index in [0.717, 1.165) is 50.4 Å². The molecule has 2 aromatic carbocycles. The third kappa shape index (κ3) is 6.23. The molecule has 0 radical (unpaired) electrons. The molecular weight excluding hydrogens is 390 g/mol. The smallest absolute Gasteiger partial charge is 0.255 e. The van der Waals surface area contributed by atoms with Gasteiger partial charge in [-0.1, -0.05) is 33.3 Å². The fraction of sp³-hybridized carbons (Fsp3) is 0.440. The number of amides is 2. The largest absolute Gasteiger partial charge is 0.494 e. The van der Waals surface area contributed by atoms with Gasteiger partial charge >= 0.3 is 0 Å². The third-order valence-corrected chi connectivity index (χ3v) is 5.44. The Bertz CT molecular complexity index is 872. The van der Waals surface area contributed by atoms with Crippen LogP contribution in [0.4, 0.5) is 11.4 Å². The van der Waals surface area contributed by atoms with Crippen LogP contribution in [0.1, 0.15) is 44.0 Å². The van der Waals surface area contributed by atoms with E-state index in [4.69, 9.17) is 4.74 Å². The van der Waals surface area contributed by atoms with Crippen molar-refractivity contribution in [1.29, 1.82) is 0 Å². The number of anilines is 2. The maximum atomic E-state index is 12.6. The van der Waals surface area contributed by atoms with Crippen LogP contribution in [-0.2, 0) is 4.79 Å². The second-order valence-corrected chi connectivity index (χ2v) is 8.20. The van der Waals surface area contributed by atoms with Gasteiger partial charge in [-0.05, 0) is 48.9 Å². The Morgan fingerprint density at radius 3 is 2.39 bits per heavy atom. The van der Waals surface area contributed by atoms with E-state index in [2.05, 4.69) is 17.1 Å². The van der Waals surface area contributed by atoms with Crippen molar-refractivity contribution in [3.8, 4) is 5.75 Å². The van der Waals surface area contributed by atoms with Gasteiger partial charge in [0.25, 0.3) is 5.91 Å². The first kappa shape index (κ1) is 22.7. The van der Waals surface area contributed by atoms with Crippen LogP contribution >= 0.6 is 0 Å². The summed E-state index contributed by atoms with van der Waals surface area (Å²) in [4.78, 5) is 29.0. The second kappa shape index (κ2) is 10.8. The van der Waals surface area contributed by atoms with Crippen molar-refractivity contribution in [1.82, 2.24) is 4.90 Å². The highest BCUT2D eigenvalue weighted by Gasteiger charge is 2.22. The van der Waals surface area contributed by atoms with Gasteiger partial charge < -0.3 is 19.9 Å². The number of rotatable bonds is 8. The maximum Gasteiger partial charge on any atom is 0.255 e. The first-order chi connectivity index (χ1) is 15.0. The molecule has 1 aliphatic heterocycles. The zero-order chi connectivity index (χ0) is 22.2. The standard InChI is InChI=1S/C25H33N3O3/c1-4-5-17-31-23-8-6-7-20(18-23)24(29)26-21-9-11-22(12-10-21)27-13-15-28(16-14-27)25(30)19(2)3/h6-12,18-19H,4-5,13-17H2,1-3H3,(H,26,29). The van der Waals surface area contributed by atoms with Gasteiger partial charge in [0.1, 0.15) is 5.75 Å². The lowest BCUT2D eigenvalue weighted by molar-refractivity contribution is -0.134. The second-order valence-electron chi connectivity index (χ2n) is 8.20. The van der Waals surface area contributed by atoms with E-state index in [1.165, 1.54) is 0 Å². The van der Waals surface area contributed by atoms with Crippen LogP contribution in [0.5, 0.6) is 5.75 Å². The molecule has 0 saturated carbocycles. The van der Waals surface area contributed by atoms with Gasteiger partial charge in [-0.15, -0.1) is 0 Å². The van der Waals surface area contributed by atoms with E-state index < -0.39 is 0 Å². The molecule has 0 unspecified atom stereocenters. The highest BCUT2D eigenvalue weighted by molar-refractivity contribution is 6.04. The summed E-state index contributed by atoms with van der Waals surface area (Å²) in [6.07, 6.45) is 2.06. The Morgan fingerprint density at radius 2 is 1.74 bits per heavy atom. The van der Waals surface area contributed by atoms with Crippen molar-refractivity contribution >= 4 is 23.2 Å². The molecule has 0 spiro atoms. The molecule has 0 aliphatic carbocycles. The van der Waals surface area contributed by atoms with Gasteiger partial charge in [0.05, 0.1) is 6.61 Å². The Morgan fingerprint density at radius 1 is 1.03 bits per heavy atom. The number of carbonyl (C=O) groups is 2. The summed E-state index contributed by atoms with van der Waals surface area (Å²) in [7, 11) is 0. The van der Waals surface area contributed by atoms with Gasteiger partial charge in [0.2, 0.25) is 5.91 Å². The molecule has 1 aliphatic rings. The van der Waals surface area contributed by atoms with Crippen LogP contribution in [0.25, 0.3) is 0 Å². The quantitative estimate of drug-likeness (QED) is 0.639. The maximum absolute atomic E-state index is 12.6. The molecule has 0 atom stereocenters. The minimum Gasteiger partial charge on any atom is -0.494 e. The highest BCUT2D eigenvalue weighted by Crippen LogP contribution is 2.21. The van der Waals surface area contributed by atoms with Crippen LogP contribution in [0.2, 0.25) is 0 Å². The third-order valence-electron chi connectivity index (χ3n) is 5.44. The molecular formula is C25H33N3O3. The van der Waals surface area contributed by atoms with Crippen LogP contribution in [0.15, 0.2) is 48.5 Å². The van der Waals surface area contributed by atoms with Crippen LogP contribution in [0, 0.1) is 5.92 Å². The van der Waals surface area contributed by atoms with E-state index in [1.54, 1.807) is 12.1 Å². The van der Waals surface area contributed by atoms with E-state index in [1.807, 2.05) is 55.1 Å². The zero-order valence-corrected chi connectivity index (χ0v) is 18.8. The number of benzene rings is 2. The molecule has 166 valence electrons. The molecule has 0 aromatic heterocycles. The average Bonchev–Trinajstić information content (AvgIpc) is 2.79. The summed E-state index contributed by atoms with van der Waals surface area (Å²) >= 11 is 0. The minimum absolute atomic E-state index is 0.0399. The lowest BCUT2D eigenvalue weighted by Crippen LogP contribution is -2.49. The van der Waals surface area contributed by atoms with E-state index >= 15 is 0 Å². The van der Waals surface area contributed by atoms with Crippen molar-refractivity contribution in [2.75, 3.05) is 43.0 Å². The summed E-state index contributed by atoms with van der Waals surface area (Å²) in [6.45, 7) is 9.77. The van der Waals surface area contributed by atoms with Gasteiger partial charge in [-0.3, -0.25) is 9.59 Å². The van der Waals surface area contributed by atoms with E-state index in [9.17, 15) is 9.59 Å². The predicted molar refractivity (Wildman–Crippen MR) is 125 cm³/mol. The molecule has 2 amide bonds. The molecule has 3 rings (SSSR count). The van der Waals surface area contributed by atoms with E-state index in [0.29, 0.717) is 17.9 Å². The fourth-order valence-electron chi connectivity index (χ4n) is 3.57. The number of nitrogens with one attached hydrogen (secondary N) is 1. The summed E-state index contributed by atoms with van der Waals surface area (Å²) in [6, 6.07) is 15.1. The molecule has 1 N–H and O–H groups in total. The molecule has 6 nitrogen and oxygen atoms in total. The number of piperazine rings is 1. The average molecular weight is 424 g/mol. The number of nitrogens with zero attached hydrogens (tertiary/aromatic N) is 2. The summed E-state index contributed by atoms with van der Waals surface area (Å²) in [5, 5.41) is 2.95. The monoisotopic (exact) mass is 423 g/mol. The van der Waals surface area contributed by atoms with Gasteiger partial charge in [0.15, 0.2) is 0 Å². The Labute approximate surface area is 185 Å². The Hall–Kier alpha value is -3.02. The van der Waals surface area contributed by atoms with Gasteiger partial charge in [-0.2, -0.15) is 0 Å². The first-order valence-corrected chi connectivity index (χ1v) is 11.2. The van der Waals surface area contributed by atoms with Crippen molar-refractivity contribution in [2.24, 2.45) is 5.92 Å². The van der Waals surface area contributed by atoms with Gasteiger partial charge in [-0.25, -0.2) is 0 Å². The molecule has 6 heteroatoms. The number of hydrogen-bond acceptors (Lipinski definition) is 4. The lowest BCUT2D eigenvalue weighted by atomic mass is 10.1. The summed E-state index contributed by atoms with van der Waals surface area (Å²) in [5.41, 5.74) is 2.42. The van der Waals surface area contributed by atoms with Crippen LogP contribution in [-0.4, -0.2) is 49.5 Å². The summed E-state index contributed by atoms with van der Waals surface area (Å²) in [5.74, 6) is 0.816. The number of carbonyl (C=O) groups excluding carboxylic acids is 2. The molecule has 2 aromatic rings. The van der Waals surface area contributed by atoms with Crippen molar-refractivity contribution < 1.29 is 14.3 Å². The summed E-state index contributed by atoms with van der Waals surface area (Å²) < 4.78 is 5.70. The topological polar surface area (TPSA) is 61.9 Å². The normalized spacial score (nSPS) is 13.9. The van der Waals surface area contributed by atoms with Crippen LogP contribution < -0.4 is 15.0 Å². The molecule has 0 bridgehead atoms. The minimum atomic E-state index is -0.158. The SMILES string of the molecule is CCCCOc1cccc(C(=O)Nc2ccc(N3CCN(C(=O)C(C)C)CC3)cc2)c1. The highest BCUT2D eigenvalue weighted by atomic mass is 16.5. The zero-order valence-electron chi connectivity index (χ0n) is 18.8. The van der Waals surface area contributed by atoms with Crippen molar-refractivity contribution in [3.05, 3.63) is 54.1 Å².